The van der Waals surface area contributed by atoms with Crippen LogP contribution in [0.25, 0.3) is 28.2 Å². The number of halogens is 4. The van der Waals surface area contributed by atoms with Gasteiger partial charge in [-0.15, -0.1) is 0 Å². The van der Waals surface area contributed by atoms with Gasteiger partial charge < -0.3 is 14.6 Å². The molecular formula is C33H37ClF3N3O. The number of nitrogens with one attached hydrogen (secondary N) is 1. The van der Waals surface area contributed by atoms with Crippen molar-refractivity contribution in [3.63, 3.8) is 0 Å². The first-order chi connectivity index (χ1) is 19.4. The summed E-state index contributed by atoms with van der Waals surface area (Å²) in [5.74, 6) is 0.287. The number of rotatable bonds is 11. The largest absolute Gasteiger partial charge is 0.418 e. The van der Waals surface area contributed by atoms with Crippen molar-refractivity contribution in [2.24, 2.45) is 5.92 Å². The minimum absolute atomic E-state index is 0.0762. The van der Waals surface area contributed by atoms with Gasteiger partial charge in [-0.3, -0.25) is 5.32 Å². The highest BCUT2D eigenvalue weighted by Gasteiger charge is 2.35. The predicted molar refractivity (Wildman–Crippen MR) is 161 cm³/mol. The van der Waals surface area contributed by atoms with E-state index in [2.05, 4.69) is 10.2 Å². The zero-order valence-corrected chi connectivity index (χ0v) is 24.6. The van der Waals surface area contributed by atoms with Crippen LogP contribution in [-0.2, 0) is 12.6 Å². The van der Waals surface area contributed by atoms with E-state index >= 15 is 0 Å². The van der Waals surface area contributed by atoms with Crippen molar-refractivity contribution < 1.29 is 18.3 Å². The number of alkyl halides is 3. The summed E-state index contributed by atoms with van der Waals surface area (Å²) in [6.45, 7) is 5.65. The third-order valence-corrected chi connectivity index (χ3v) is 7.17. The summed E-state index contributed by atoms with van der Waals surface area (Å²) in [5, 5.41) is 14.3. The molecule has 218 valence electrons. The van der Waals surface area contributed by atoms with E-state index in [0.717, 1.165) is 29.7 Å². The number of hydrogen-bond acceptors (Lipinski definition) is 3. The lowest BCUT2D eigenvalue weighted by molar-refractivity contribution is -0.137. The third-order valence-electron chi connectivity index (χ3n) is 6.92. The minimum atomic E-state index is -4.54. The highest BCUT2D eigenvalue weighted by molar-refractivity contribution is 6.30. The fourth-order valence-electron chi connectivity index (χ4n) is 4.96. The first-order valence-electron chi connectivity index (χ1n) is 13.8. The van der Waals surface area contributed by atoms with E-state index < -0.39 is 18.0 Å². The van der Waals surface area contributed by atoms with Gasteiger partial charge in [0.15, 0.2) is 0 Å². The molecule has 1 aromatic heterocycles. The standard InChI is InChI=1S/C33H37ClF3N3O/c1-22(2)20-23-6-15-28(33(35,36)37)31(21-23)40-29(16-17-30(40)25-11-13-27(34)14-12-25)24-7-9-26(10-8-24)32(41)38-18-5-19-39(3)4/h6-17,21-22,32,38,41H,5,18-20H2,1-4H3. The Morgan fingerprint density at radius 3 is 2.00 bits per heavy atom. The normalized spacial score (nSPS) is 12.9. The lowest BCUT2D eigenvalue weighted by Gasteiger charge is -2.21. The third kappa shape index (κ3) is 7.80. The van der Waals surface area contributed by atoms with Crippen molar-refractivity contribution in [3.05, 3.63) is 101 Å². The van der Waals surface area contributed by atoms with E-state index in [0.29, 0.717) is 34.9 Å². The van der Waals surface area contributed by atoms with Crippen LogP contribution < -0.4 is 5.32 Å². The summed E-state index contributed by atoms with van der Waals surface area (Å²) in [5.41, 5.74) is 3.61. The SMILES string of the molecule is CC(C)Cc1ccc(C(F)(F)F)c(-n2c(-c3ccc(Cl)cc3)ccc2-c2ccc(C(O)NCCCN(C)C)cc2)c1. The molecule has 0 aliphatic carbocycles. The second kappa shape index (κ2) is 13.3. The van der Waals surface area contributed by atoms with Crippen molar-refractivity contribution in [1.29, 1.82) is 0 Å². The maximum atomic E-state index is 14.4. The van der Waals surface area contributed by atoms with Crippen LogP contribution in [0.3, 0.4) is 0 Å². The Balaban J connectivity index is 1.80. The average molecular weight is 584 g/mol. The van der Waals surface area contributed by atoms with Gasteiger partial charge in [0.05, 0.1) is 22.6 Å². The summed E-state index contributed by atoms with van der Waals surface area (Å²) in [6, 6.07) is 22.4. The van der Waals surface area contributed by atoms with Crippen molar-refractivity contribution >= 4 is 11.6 Å². The van der Waals surface area contributed by atoms with Crippen LogP contribution in [0.4, 0.5) is 13.2 Å². The van der Waals surface area contributed by atoms with Crippen molar-refractivity contribution in [2.75, 3.05) is 27.2 Å². The lowest BCUT2D eigenvalue weighted by Crippen LogP contribution is -2.25. The number of hydrogen-bond donors (Lipinski definition) is 2. The molecule has 8 heteroatoms. The molecule has 3 aromatic carbocycles. The second-order valence-electron chi connectivity index (χ2n) is 11.0. The molecule has 0 aliphatic heterocycles. The Bertz CT molecular complexity index is 1430. The van der Waals surface area contributed by atoms with Gasteiger partial charge in [0.2, 0.25) is 0 Å². The molecule has 0 amide bonds. The molecular weight excluding hydrogens is 547 g/mol. The van der Waals surface area contributed by atoms with Gasteiger partial charge in [-0.05, 0) is 105 Å². The van der Waals surface area contributed by atoms with Crippen LogP contribution in [-0.4, -0.2) is 41.8 Å². The van der Waals surface area contributed by atoms with Crippen LogP contribution in [0.5, 0.6) is 0 Å². The van der Waals surface area contributed by atoms with Gasteiger partial charge in [0.1, 0.15) is 6.23 Å². The van der Waals surface area contributed by atoms with E-state index in [1.165, 1.54) is 6.07 Å². The zero-order valence-electron chi connectivity index (χ0n) is 23.8. The van der Waals surface area contributed by atoms with E-state index in [1.807, 2.05) is 64.3 Å². The summed E-state index contributed by atoms with van der Waals surface area (Å²) < 4.78 is 44.9. The second-order valence-corrected chi connectivity index (χ2v) is 11.5. The molecule has 0 fully saturated rings. The Hall–Kier alpha value is -3.10. The lowest BCUT2D eigenvalue weighted by atomic mass is 9.99. The molecule has 1 heterocycles. The van der Waals surface area contributed by atoms with Gasteiger partial charge in [-0.25, -0.2) is 0 Å². The molecule has 0 saturated carbocycles. The number of aromatic nitrogens is 1. The monoisotopic (exact) mass is 583 g/mol. The molecule has 0 aliphatic rings. The molecule has 4 aromatic rings. The molecule has 2 N–H and O–H groups in total. The Labute approximate surface area is 245 Å². The summed E-state index contributed by atoms with van der Waals surface area (Å²) >= 11 is 6.12. The maximum Gasteiger partial charge on any atom is 0.418 e. The number of aliphatic hydroxyl groups excluding tert-OH is 1. The number of aliphatic hydroxyl groups is 1. The smallest absolute Gasteiger partial charge is 0.374 e. The van der Waals surface area contributed by atoms with E-state index in [9.17, 15) is 18.3 Å². The minimum Gasteiger partial charge on any atom is -0.374 e. The molecule has 0 radical (unpaired) electrons. The topological polar surface area (TPSA) is 40.4 Å². The van der Waals surface area contributed by atoms with Crippen LogP contribution in [0, 0.1) is 5.92 Å². The first kappa shape index (κ1) is 30.8. The summed E-state index contributed by atoms with van der Waals surface area (Å²) in [6.07, 6.45) is -3.84. The molecule has 41 heavy (non-hydrogen) atoms. The Morgan fingerprint density at radius 2 is 1.46 bits per heavy atom. The fourth-order valence-corrected chi connectivity index (χ4v) is 5.08. The van der Waals surface area contributed by atoms with Crippen LogP contribution in [0.1, 0.15) is 43.2 Å². The van der Waals surface area contributed by atoms with E-state index in [4.69, 9.17) is 11.6 Å². The van der Waals surface area contributed by atoms with Gasteiger partial charge in [0, 0.05) is 5.02 Å². The van der Waals surface area contributed by atoms with Crippen molar-refractivity contribution in [2.45, 2.75) is 39.1 Å². The zero-order chi connectivity index (χ0) is 29.7. The maximum absolute atomic E-state index is 14.4. The van der Waals surface area contributed by atoms with Gasteiger partial charge in [-0.2, -0.15) is 13.2 Å². The molecule has 0 spiro atoms. The molecule has 0 bridgehead atoms. The van der Waals surface area contributed by atoms with Gasteiger partial charge in [-0.1, -0.05) is 67.9 Å². The molecule has 4 nitrogen and oxygen atoms in total. The van der Waals surface area contributed by atoms with Crippen LogP contribution in [0.15, 0.2) is 78.9 Å². The Kier molecular flexibility index (Phi) is 9.97. The molecule has 1 atom stereocenters. The Morgan fingerprint density at radius 1 is 0.878 bits per heavy atom. The number of benzene rings is 3. The first-order valence-corrected chi connectivity index (χ1v) is 14.2. The molecule has 1 unspecified atom stereocenters. The predicted octanol–water partition coefficient (Wildman–Crippen LogP) is 8.21. The van der Waals surface area contributed by atoms with Crippen LogP contribution >= 0.6 is 11.6 Å². The molecule has 0 saturated heterocycles. The van der Waals surface area contributed by atoms with Gasteiger partial charge >= 0.3 is 6.18 Å². The highest BCUT2D eigenvalue weighted by Crippen LogP contribution is 2.40. The average Bonchev–Trinajstić information content (AvgIpc) is 3.35. The van der Waals surface area contributed by atoms with Crippen LogP contribution in [0.2, 0.25) is 5.02 Å². The van der Waals surface area contributed by atoms with E-state index in [-0.39, 0.29) is 11.6 Å². The fraction of sp³-hybridized carbons (Fsp3) is 0.333. The van der Waals surface area contributed by atoms with E-state index in [1.54, 1.807) is 41.0 Å². The molecule has 4 rings (SSSR count). The summed E-state index contributed by atoms with van der Waals surface area (Å²) in [7, 11) is 4.00. The van der Waals surface area contributed by atoms with Crippen molar-refractivity contribution in [3.8, 4) is 28.2 Å². The van der Waals surface area contributed by atoms with Gasteiger partial charge in [0.25, 0.3) is 0 Å². The quantitative estimate of drug-likeness (QED) is 0.138. The highest BCUT2D eigenvalue weighted by atomic mass is 35.5. The summed E-state index contributed by atoms with van der Waals surface area (Å²) in [4.78, 5) is 2.08. The van der Waals surface area contributed by atoms with Crippen molar-refractivity contribution in [1.82, 2.24) is 14.8 Å². The number of nitrogens with zero attached hydrogens (tertiary/aromatic N) is 2.